The van der Waals surface area contributed by atoms with E-state index in [0.717, 1.165) is 17.7 Å². The summed E-state index contributed by atoms with van der Waals surface area (Å²) in [5, 5.41) is 3.03. The fourth-order valence-corrected chi connectivity index (χ4v) is 2.32. The number of ketones is 1. The van der Waals surface area contributed by atoms with Gasteiger partial charge in [-0.15, -0.1) is 0 Å². The predicted molar refractivity (Wildman–Crippen MR) is 80.1 cm³/mol. The van der Waals surface area contributed by atoms with Crippen molar-refractivity contribution in [3.8, 4) is 0 Å². The van der Waals surface area contributed by atoms with Gasteiger partial charge in [-0.05, 0) is 32.4 Å². The van der Waals surface area contributed by atoms with Gasteiger partial charge < -0.3 is 10.2 Å². The molecule has 0 aliphatic carbocycles. The van der Waals surface area contributed by atoms with Gasteiger partial charge in [-0.2, -0.15) is 0 Å². The van der Waals surface area contributed by atoms with E-state index in [-0.39, 0.29) is 17.2 Å². The van der Waals surface area contributed by atoms with Gasteiger partial charge in [-0.25, -0.2) is 0 Å². The molecule has 1 aliphatic rings. The molecule has 0 saturated carbocycles. The minimum Gasteiger partial charge on any atom is -0.361 e. The minimum absolute atomic E-state index is 0.000928. The highest BCUT2D eigenvalue weighted by molar-refractivity contribution is 6.04. The summed E-state index contributed by atoms with van der Waals surface area (Å²) >= 11 is 0. The highest BCUT2D eigenvalue weighted by Crippen LogP contribution is 2.26. The van der Waals surface area contributed by atoms with Crippen LogP contribution >= 0.6 is 0 Å². The Balaban J connectivity index is 2.10. The van der Waals surface area contributed by atoms with Gasteiger partial charge in [0.15, 0.2) is 5.78 Å². The molecule has 0 aromatic heterocycles. The van der Waals surface area contributed by atoms with E-state index in [1.807, 2.05) is 43.0 Å². The maximum atomic E-state index is 12.1. The van der Waals surface area contributed by atoms with Crippen LogP contribution in [0.2, 0.25) is 0 Å². The molecule has 2 rings (SSSR count). The van der Waals surface area contributed by atoms with Crippen molar-refractivity contribution in [2.24, 2.45) is 0 Å². The number of benzene rings is 1. The standard InChI is InChI=1S/C16H22N2O2/c1-4-16(2,3)17-15(20)11-18-10-9-14(19)12-7-5-6-8-13(12)18/h5-8H,4,9-11H2,1-3H3,(H,17,20). The monoisotopic (exact) mass is 274 g/mol. The molecule has 20 heavy (non-hydrogen) atoms. The van der Waals surface area contributed by atoms with Crippen LogP contribution in [-0.4, -0.2) is 30.3 Å². The van der Waals surface area contributed by atoms with Gasteiger partial charge in [0.2, 0.25) is 5.91 Å². The first-order chi connectivity index (χ1) is 9.43. The smallest absolute Gasteiger partial charge is 0.239 e. The zero-order chi connectivity index (χ0) is 14.8. The molecule has 0 atom stereocenters. The van der Waals surface area contributed by atoms with E-state index in [9.17, 15) is 9.59 Å². The normalized spacial score (nSPS) is 14.9. The van der Waals surface area contributed by atoms with E-state index in [1.165, 1.54) is 0 Å². The second kappa shape index (κ2) is 5.65. The highest BCUT2D eigenvalue weighted by atomic mass is 16.2. The molecular weight excluding hydrogens is 252 g/mol. The molecule has 4 nitrogen and oxygen atoms in total. The lowest BCUT2D eigenvalue weighted by molar-refractivity contribution is -0.121. The number of anilines is 1. The Morgan fingerprint density at radius 1 is 1.35 bits per heavy atom. The molecule has 1 aliphatic heterocycles. The first-order valence-corrected chi connectivity index (χ1v) is 7.11. The number of nitrogens with zero attached hydrogens (tertiary/aromatic N) is 1. The van der Waals surface area contributed by atoms with E-state index in [4.69, 9.17) is 0 Å². The molecule has 0 unspecified atom stereocenters. The minimum atomic E-state index is -0.192. The van der Waals surface area contributed by atoms with Crippen LogP contribution in [0.1, 0.15) is 44.0 Å². The lowest BCUT2D eigenvalue weighted by Crippen LogP contribution is -2.48. The summed E-state index contributed by atoms with van der Waals surface area (Å²) in [7, 11) is 0. The summed E-state index contributed by atoms with van der Waals surface area (Å²) in [6.45, 7) is 6.98. The van der Waals surface area contributed by atoms with E-state index in [2.05, 4.69) is 12.2 Å². The number of para-hydroxylation sites is 1. The van der Waals surface area contributed by atoms with Crippen molar-refractivity contribution in [2.75, 3.05) is 18.0 Å². The molecule has 1 heterocycles. The van der Waals surface area contributed by atoms with Crippen LogP contribution in [0, 0.1) is 0 Å². The molecule has 1 amide bonds. The maximum Gasteiger partial charge on any atom is 0.239 e. The summed E-state index contributed by atoms with van der Waals surface area (Å²) in [5.74, 6) is 0.159. The van der Waals surface area contributed by atoms with Gasteiger partial charge in [0, 0.05) is 29.8 Å². The molecule has 1 N–H and O–H groups in total. The summed E-state index contributed by atoms with van der Waals surface area (Å²) in [6.07, 6.45) is 1.36. The van der Waals surface area contributed by atoms with E-state index in [0.29, 0.717) is 19.5 Å². The third-order valence-corrected chi connectivity index (χ3v) is 3.85. The summed E-state index contributed by atoms with van der Waals surface area (Å²) in [6, 6.07) is 7.50. The number of Topliss-reactive ketones (excluding diaryl/α,β-unsaturated/α-hetero) is 1. The first-order valence-electron chi connectivity index (χ1n) is 7.11. The van der Waals surface area contributed by atoms with Crippen LogP contribution in [-0.2, 0) is 4.79 Å². The van der Waals surface area contributed by atoms with Crippen molar-refractivity contribution in [2.45, 2.75) is 39.2 Å². The number of amides is 1. The molecule has 1 aromatic carbocycles. The SMILES string of the molecule is CCC(C)(C)NC(=O)CN1CCC(=O)c2ccccc21. The highest BCUT2D eigenvalue weighted by Gasteiger charge is 2.25. The Labute approximate surface area is 120 Å². The fourth-order valence-electron chi connectivity index (χ4n) is 2.32. The predicted octanol–water partition coefficient (Wildman–Crippen LogP) is 2.38. The van der Waals surface area contributed by atoms with Gasteiger partial charge >= 0.3 is 0 Å². The van der Waals surface area contributed by atoms with Crippen molar-refractivity contribution in [1.82, 2.24) is 5.32 Å². The lowest BCUT2D eigenvalue weighted by Gasteiger charge is -2.32. The number of carbonyl (C=O) groups is 2. The zero-order valence-electron chi connectivity index (χ0n) is 12.4. The van der Waals surface area contributed by atoms with Crippen LogP contribution in [0.15, 0.2) is 24.3 Å². The van der Waals surface area contributed by atoms with Gasteiger partial charge in [0.25, 0.3) is 0 Å². The second-order valence-electron chi connectivity index (χ2n) is 5.90. The van der Waals surface area contributed by atoms with Crippen LogP contribution in [0.25, 0.3) is 0 Å². The molecular formula is C16H22N2O2. The quantitative estimate of drug-likeness (QED) is 0.917. The first kappa shape index (κ1) is 14.6. The van der Waals surface area contributed by atoms with Gasteiger partial charge in [0.1, 0.15) is 0 Å². The zero-order valence-corrected chi connectivity index (χ0v) is 12.4. The van der Waals surface area contributed by atoms with Crippen molar-refractivity contribution < 1.29 is 9.59 Å². The Morgan fingerprint density at radius 2 is 2.05 bits per heavy atom. The van der Waals surface area contributed by atoms with Crippen LogP contribution in [0.5, 0.6) is 0 Å². The molecule has 0 fully saturated rings. The number of carbonyl (C=O) groups excluding carboxylic acids is 2. The Hall–Kier alpha value is -1.84. The second-order valence-corrected chi connectivity index (χ2v) is 5.90. The van der Waals surface area contributed by atoms with Crippen molar-refractivity contribution in [3.63, 3.8) is 0 Å². The molecule has 0 saturated heterocycles. The number of hydrogen-bond donors (Lipinski definition) is 1. The van der Waals surface area contributed by atoms with Crippen molar-refractivity contribution in [1.29, 1.82) is 0 Å². The topological polar surface area (TPSA) is 49.4 Å². The van der Waals surface area contributed by atoms with E-state index >= 15 is 0 Å². The number of fused-ring (bicyclic) bond motifs is 1. The van der Waals surface area contributed by atoms with Crippen molar-refractivity contribution in [3.05, 3.63) is 29.8 Å². The average molecular weight is 274 g/mol. The Kier molecular flexibility index (Phi) is 4.12. The Bertz CT molecular complexity index is 523. The van der Waals surface area contributed by atoms with Gasteiger partial charge in [-0.3, -0.25) is 9.59 Å². The summed E-state index contributed by atoms with van der Waals surface area (Å²) in [5.41, 5.74) is 1.40. The molecule has 0 spiro atoms. The van der Waals surface area contributed by atoms with Crippen LogP contribution in [0.3, 0.4) is 0 Å². The summed E-state index contributed by atoms with van der Waals surface area (Å²) in [4.78, 5) is 26.0. The largest absolute Gasteiger partial charge is 0.361 e. The number of hydrogen-bond acceptors (Lipinski definition) is 3. The van der Waals surface area contributed by atoms with Crippen molar-refractivity contribution >= 4 is 17.4 Å². The third-order valence-electron chi connectivity index (χ3n) is 3.85. The molecule has 4 heteroatoms. The average Bonchev–Trinajstić information content (AvgIpc) is 2.42. The maximum absolute atomic E-state index is 12.1. The third kappa shape index (κ3) is 3.18. The Morgan fingerprint density at radius 3 is 2.75 bits per heavy atom. The summed E-state index contributed by atoms with van der Waals surface area (Å²) < 4.78 is 0. The van der Waals surface area contributed by atoms with E-state index < -0.39 is 0 Å². The molecule has 0 radical (unpaired) electrons. The molecule has 108 valence electrons. The lowest BCUT2D eigenvalue weighted by atomic mass is 10.00. The number of rotatable bonds is 4. The van der Waals surface area contributed by atoms with Crippen LogP contribution < -0.4 is 10.2 Å². The molecule has 0 bridgehead atoms. The van der Waals surface area contributed by atoms with E-state index in [1.54, 1.807) is 0 Å². The van der Waals surface area contributed by atoms with Gasteiger partial charge in [0.05, 0.1) is 6.54 Å². The number of nitrogens with one attached hydrogen (secondary N) is 1. The van der Waals surface area contributed by atoms with Crippen LogP contribution in [0.4, 0.5) is 5.69 Å². The van der Waals surface area contributed by atoms with Gasteiger partial charge in [-0.1, -0.05) is 19.1 Å². The molecule has 1 aromatic rings. The fraction of sp³-hybridized carbons (Fsp3) is 0.500.